The summed E-state index contributed by atoms with van der Waals surface area (Å²) in [5.74, 6) is -0.417. The van der Waals surface area contributed by atoms with Crippen LogP contribution in [0.1, 0.15) is 24.9 Å². The van der Waals surface area contributed by atoms with E-state index in [0.29, 0.717) is 12.2 Å². The van der Waals surface area contributed by atoms with E-state index in [2.05, 4.69) is 0 Å². The molecule has 0 fully saturated rings. The smallest absolute Gasteiger partial charge is 0.272 e. The maximum atomic E-state index is 13.9. The van der Waals surface area contributed by atoms with E-state index < -0.39 is 10.7 Å². The number of hydrogen-bond donors (Lipinski definition) is 1. The summed E-state index contributed by atoms with van der Waals surface area (Å²) in [4.78, 5) is 9.93. The van der Waals surface area contributed by atoms with E-state index in [-0.39, 0.29) is 17.5 Å². The molecule has 2 N–H and O–H groups in total. The number of halogens is 1. The van der Waals surface area contributed by atoms with Crippen molar-refractivity contribution in [3.63, 3.8) is 0 Å². The standard InChI is InChI=1S/C15H15FN2O3/c1-2-13(17)11-5-3-4-6-14(11)21-15-8-7-10(18(19)20)9-12(15)16/h3-9,13H,2,17H2,1H3/t13-/m0/s1. The Morgan fingerprint density at radius 1 is 1.29 bits per heavy atom. The van der Waals surface area contributed by atoms with Gasteiger partial charge in [-0.2, -0.15) is 0 Å². The number of nitro benzene ring substituents is 1. The Morgan fingerprint density at radius 2 is 2.00 bits per heavy atom. The predicted octanol–water partition coefficient (Wildman–Crippen LogP) is 3.94. The molecule has 0 aliphatic carbocycles. The molecule has 0 aliphatic rings. The largest absolute Gasteiger partial charge is 0.454 e. The van der Waals surface area contributed by atoms with E-state index in [1.807, 2.05) is 19.1 Å². The molecule has 0 unspecified atom stereocenters. The van der Waals surface area contributed by atoms with Crippen LogP contribution in [0.15, 0.2) is 42.5 Å². The van der Waals surface area contributed by atoms with E-state index >= 15 is 0 Å². The van der Waals surface area contributed by atoms with E-state index in [1.165, 1.54) is 12.1 Å². The highest BCUT2D eigenvalue weighted by molar-refractivity contribution is 5.43. The molecule has 110 valence electrons. The van der Waals surface area contributed by atoms with Crippen molar-refractivity contribution in [3.05, 3.63) is 64.0 Å². The molecule has 0 saturated carbocycles. The highest BCUT2D eigenvalue weighted by Crippen LogP contribution is 2.32. The molecule has 0 heterocycles. The Kier molecular flexibility index (Phi) is 4.49. The summed E-state index contributed by atoms with van der Waals surface area (Å²) >= 11 is 0. The van der Waals surface area contributed by atoms with Crippen molar-refractivity contribution in [2.75, 3.05) is 0 Å². The summed E-state index contributed by atoms with van der Waals surface area (Å²) < 4.78 is 19.4. The van der Waals surface area contributed by atoms with Gasteiger partial charge in [0.05, 0.1) is 11.0 Å². The van der Waals surface area contributed by atoms with Crippen molar-refractivity contribution < 1.29 is 14.1 Å². The summed E-state index contributed by atoms with van der Waals surface area (Å²) in [6.45, 7) is 1.94. The van der Waals surface area contributed by atoms with Gasteiger partial charge in [0.25, 0.3) is 5.69 Å². The monoisotopic (exact) mass is 290 g/mol. The number of nitrogens with zero attached hydrogens (tertiary/aromatic N) is 1. The van der Waals surface area contributed by atoms with Crippen molar-refractivity contribution >= 4 is 5.69 Å². The lowest BCUT2D eigenvalue weighted by Gasteiger charge is -2.15. The van der Waals surface area contributed by atoms with Crippen molar-refractivity contribution in [1.29, 1.82) is 0 Å². The van der Waals surface area contributed by atoms with Crippen LogP contribution in [0.5, 0.6) is 11.5 Å². The molecule has 5 nitrogen and oxygen atoms in total. The van der Waals surface area contributed by atoms with Gasteiger partial charge >= 0.3 is 0 Å². The van der Waals surface area contributed by atoms with Crippen molar-refractivity contribution in [2.45, 2.75) is 19.4 Å². The lowest BCUT2D eigenvalue weighted by atomic mass is 10.0. The SMILES string of the molecule is CC[C@H](N)c1ccccc1Oc1ccc([N+](=O)[O-])cc1F. The van der Waals surface area contributed by atoms with Gasteiger partial charge in [0, 0.05) is 17.7 Å². The first-order valence-electron chi connectivity index (χ1n) is 6.49. The van der Waals surface area contributed by atoms with Crippen LogP contribution < -0.4 is 10.5 Å². The van der Waals surface area contributed by atoms with E-state index in [4.69, 9.17) is 10.5 Å². The molecular weight excluding hydrogens is 275 g/mol. The van der Waals surface area contributed by atoms with E-state index in [0.717, 1.165) is 11.6 Å². The number of non-ortho nitro benzene ring substituents is 1. The molecule has 1 atom stereocenters. The van der Waals surface area contributed by atoms with Gasteiger partial charge in [-0.1, -0.05) is 25.1 Å². The van der Waals surface area contributed by atoms with Crippen molar-refractivity contribution in [1.82, 2.24) is 0 Å². The third-order valence-corrected chi connectivity index (χ3v) is 3.10. The van der Waals surface area contributed by atoms with E-state index in [9.17, 15) is 14.5 Å². The maximum absolute atomic E-state index is 13.9. The van der Waals surface area contributed by atoms with Crippen LogP contribution in [0.25, 0.3) is 0 Å². The van der Waals surface area contributed by atoms with Gasteiger partial charge < -0.3 is 10.5 Å². The quantitative estimate of drug-likeness (QED) is 0.668. The number of rotatable bonds is 5. The Hall–Kier alpha value is -2.47. The topological polar surface area (TPSA) is 78.4 Å². The molecule has 0 amide bonds. The lowest BCUT2D eigenvalue weighted by Crippen LogP contribution is -2.09. The van der Waals surface area contributed by atoms with Gasteiger partial charge in [0.1, 0.15) is 5.75 Å². The molecule has 0 bridgehead atoms. The minimum absolute atomic E-state index is 0.0728. The van der Waals surface area contributed by atoms with E-state index in [1.54, 1.807) is 12.1 Å². The minimum Gasteiger partial charge on any atom is -0.454 e. The summed E-state index contributed by atoms with van der Waals surface area (Å²) in [6, 6.07) is 10.1. The fourth-order valence-corrected chi connectivity index (χ4v) is 1.90. The van der Waals surface area contributed by atoms with Gasteiger partial charge in [-0.3, -0.25) is 10.1 Å². The molecule has 2 rings (SSSR count). The Morgan fingerprint density at radius 3 is 2.62 bits per heavy atom. The Bertz CT molecular complexity index is 661. The van der Waals surface area contributed by atoms with Gasteiger partial charge in [0.15, 0.2) is 11.6 Å². The molecule has 2 aromatic rings. The summed E-state index contributed by atoms with van der Waals surface area (Å²) in [6.07, 6.45) is 0.711. The maximum Gasteiger partial charge on any atom is 0.272 e. The zero-order valence-electron chi connectivity index (χ0n) is 11.5. The third kappa shape index (κ3) is 3.35. The Labute approximate surface area is 121 Å². The summed E-state index contributed by atoms with van der Waals surface area (Å²) in [7, 11) is 0. The van der Waals surface area contributed by atoms with Crippen LogP contribution in [-0.2, 0) is 0 Å². The Balaban J connectivity index is 2.33. The first-order chi connectivity index (χ1) is 10.0. The number of ether oxygens (including phenoxy) is 1. The number of para-hydroxylation sites is 1. The molecule has 2 aromatic carbocycles. The predicted molar refractivity (Wildman–Crippen MR) is 76.8 cm³/mol. The molecule has 21 heavy (non-hydrogen) atoms. The summed E-state index contributed by atoms with van der Waals surface area (Å²) in [5.41, 5.74) is 6.43. The fraction of sp³-hybridized carbons (Fsp3) is 0.200. The normalized spacial score (nSPS) is 12.0. The first-order valence-corrected chi connectivity index (χ1v) is 6.49. The molecule has 0 spiro atoms. The van der Waals surface area contributed by atoms with Crippen LogP contribution >= 0.6 is 0 Å². The number of benzene rings is 2. The molecule has 0 aromatic heterocycles. The molecule has 0 radical (unpaired) electrons. The average Bonchev–Trinajstić information content (AvgIpc) is 2.49. The van der Waals surface area contributed by atoms with Crippen LogP contribution in [0.2, 0.25) is 0 Å². The fourth-order valence-electron chi connectivity index (χ4n) is 1.90. The highest BCUT2D eigenvalue weighted by Gasteiger charge is 2.15. The second kappa shape index (κ2) is 6.32. The zero-order valence-corrected chi connectivity index (χ0v) is 11.5. The van der Waals surface area contributed by atoms with Crippen LogP contribution in [0, 0.1) is 15.9 Å². The number of hydrogen-bond acceptors (Lipinski definition) is 4. The average molecular weight is 290 g/mol. The van der Waals surface area contributed by atoms with Crippen LogP contribution in [0.3, 0.4) is 0 Å². The minimum atomic E-state index is -0.788. The second-order valence-electron chi connectivity index (χ2n) is 4.53. The van der Waals surface area contributed by atoms with Gasteiger partial charge in [0.2, 0.25) is 0 Å². The third-order valence-electron chi connectivity index (χ3n) is 3.10. The zero-order chi connectivity index (χ0) is 15.4. The van der Waals surface area contributed by atoms with Gasteiger partial charge in [-0.25, -0.2) is 4.39 Å². The number of nitro groups is 1. The lowest BCUT2D eigenvalue weighted by molar-refractivity contribution is -0.385. The highest BCUT2D eigenvalue weighted by atomic mass is 19.1. The van der Waals surface area contributed by atoms with Gasteiger partial charge in [-0.15, -0.1) is 0 Å². The van der Waals surface area contributed by atoms with Crippen LogP contribution in [0.4, 0.5) is 10.1 Å². The van der Waals surface area contributed by atoms with Crippen LogP contribution in [-0.4, -0.2) is 4.92 Å². The molecular formula is C15H15FN2O3. The molecule has 6 heteroatoms. The first kappa shape index (κ1) is 14.9. The second-order valence-corrected chi connectivity index (χ2v) is 4.53. The van der Waals surface area contributed by atoms with Crippen molar-refractivity contribution in [2.24, 2.45) is 5.73 Å². The molecule has 0 aliphatic heterocycles. The number of nitrogens with two attached hydrogens (primary N) is 1. The van der Waals surface area contributed by atoms with Crippen molar-refractivity contribution in [3.8, 4) is 11.5 Å². The molecule has 0 saturated heterocycles. The summed E-state index contributed by atoms with van der Waals surface area (Å²) in [5, 5.41) is 10.6. The van der Waals surface area contributed by atoms with Gasteiger partial charge in [-0.05, 0) is 18.6 Å².